The van der Waals surface area contributed by atoms with Crippen molar-refractivity contribution in [3.8, 4) is 0 Å². The minimum absolute atomic E-state index is 0.200. The van der Waals surface area contributed by atoms with Gasteiger partial charge >= 0.3 is 0 Å². The third-order valence-corrected chi connectivity index (χ3v) is 0.661. The summed E-state index contributed by atoms with van der Waals surface area (Å²) in [5.41, 5.74) is 0. The van der Waals surface area contributed by atoms with Gasteiger partial charge in [0.1, 0.15) is 6.20 Å². The predicted molar refractivity (Wildman–Crippen MR) is 28.6 cm³/mol. The SMILES string of the molecule is CC(=O)Nc1cnno1. The summed E-state index contributed by atoms with van der Waals surface area (Å²) in [6.07, 6.45) is 1.32. The smallest absolute Gasteiger partial charge is 0.251 e. The maximum atomic E-state index is 10.3. The highest BCUT2D eigenvalue weighted by Crippen LogP contribution is 1.98. The summed E-state index contributed by atoms with van der Waals surface area (Å²) in [7, 11) is 0. The zero-order valence-corrected chi connectivity index (χ0v) is 4.79. The first-order chi connectivity index (χ1) is 4.29. The van der Waals surface area contributed by atoms with Gasteiger partial charge in [-0.15, -0.1) is 5.10 Å². The summed E-state index contributed by atoms with van der Waals surface area (Å²) in [6, 6.07) is 0. The van der Waals surface area contributed by atoms with Gasteiger partial charge in [0.15, 0.2) is 0 Å². The highest BCUT2D eigenvalue weighted by Gasteiger charge is 1.96. The van der Waals surface area contributed by atoms with Crippen molar-refractivity contribution in [2.24, 2.45) is 0 Å². The fraction of sp³-hybridized carbons (Fsp3) is 0.250. The third-order valence-electron chi connectivity index (χ3n) is 0.661. The Hall–Kier alpha value is -1.39. The average Bonchev–Trinajstić information content (AvgIpc) is 2.15. The van der Waals surface area contributed by atoms with Gasteiger partial charge in [-0.05, 0) is 0 Å². The third kappa shape index (κ3) is 1.52. The molecule has 0 unspecified atom stereocenters. The Kier molecular flexibility index (Phi) is 1.44. The molecule has 48 valence electrons. The number of rotatable bonds is 1. The van der Waals surface area contributed by atoms with E-state index in [1.54, 1.807) is 0 Å². The number of hydrogen-bond donors (Lipinski definition) is 1. The van der Waals surface area contributed by atoms with Gasteiger partial charge < -0.3 is 4.52 Å². The number of amides is 1. The standard InChI is InChI=1S/C4H5N3O2/c1-3(8)6-4-2-5-7-9-4/h2H,1H3,(H,6,8). The van der Waals surface area contributed by atoms with Crippen LogP contribution in [0.4, 0.5) is 5.88 Å². The summed E-state index contributed by atoms with van der Waals surface area (Å²) in [4.78, 5) is 10.3. The molecule has 9 heavy (non-hydrogen) atoms. The van der Waals surface area contributed by atoms with Crippen molar-refractivity contribution in [3.63, 3.8) is 0 Å². The van der Waals surface area contributed by atoms with Gasteiger partial charge in [-0.1, -0.05) is 0 Å². The number of nitrogens with one attached hydrogen (secondary N) is 1. The summed E-state index contributed by atoms with van der Waals surface area (Å²) < 4.78 is 4.45. The van der Waals surface area contributed by atoms with Crippen LogP contribution in [0.5, 0.6) is 0 Å². The van der Waals surface area contributed by atoms with Gasteiger partial charge in [-0.3, -0.25) is 10.1 Å². The van der Waals surface area contributed by atoms with Crippen LogP contribution >= 0.6 is 0 Å². The Balaban J connectivity index is 2.58. The van der Waals surface area contributed by atoms with E-state index in [0.29, 0.717) is 0 Å². The number of aromatic nitrogens is 2. The Labute approximate surface area is 51.0 Å². The molecule has 5 heteroatoms. The molecule has 0 saturated heterocycles. The molecule has 1 aromatic heterocycles. The zero-order chi connectivity index (χ0) is 6.69. The first-order valence-corrected chi connectivity index (χ1v) is 2.34. The fourth-order valence-corrected chi connectivity index (χ4v) is 0.396. The molecule has 0 aliphatic heterocycles. The maximum Gasteiger partial charge on any atom is 0.251 e. The number of hydrogen-bond acceptors (Lipinski definition) is 4. The van der Waals surface area contributed by atoms with E-state index in [0.717, 1.165) is 0 Å². The van der Waals surface area contributed by atoms with Gasteiger partial charge in [0.2, 0.25) is 5.91 Å². The predicted octanol–water partition coefficient (Wildman–Crippen LogP) is 0.0280. The monoisotopic (exact) mass is 127 g/mol. The summed E-state index contributed by atoms with van der Waals surface area (Å²) in [6.45, 7) is 1.38. The fourth-order valence-electron chi connectivity index (χ4n) is 0.396. The molecule has 0 atom stereocenters. The lowest BCUT2D eigenvalue weighted by atomic mass is 10.6. The van der Waals surface area contributed by atoms with Gasteiger partial charge in [0.05, 0.1) is 0 Å². The largest absolute Gasteiger partial charge is 0.319 e. The lowest BCUT2D eigenvalue weighted by Gasteiger charge is -1.88. The lowest BCUT2D eigenvalue weighted by molar-refractivity contribution is -0.114. The van der Waals surface area contributed by atoms with E-state index >= 15 is 0 Å². The Morgan fingerprint density at radius 2 is 2.67 bits per heavy atom. The van der Waals surface area contributed by atoms with E-state index in [-0.39, 0.29) is 11.8 Å². The van der Waals surface area contributed by atoms with Crippen LogP contribution in [-0.2, 0) is 4.79 Å². The van der Waals surface area contributed by atoms with Crippen LogP contribution in [0.15, 0.2) is 10.7 Å². The summed E-state index contributed by atoms with van der Waals surface area (Å²) in [5, 5.41) is 8.83. The zero-order valence-electron chi connectivity index (χ0n) is 4.79. The lowest BCUT2D eigenvalue weighted by Crippen LogP contribution is -2.04. The second kappa shape index (κ2) is 2.25. The summed E-state index contributed by atoms with van der Waals surface area (Å²) >= 11 is 0. The van der Waals surface area contributed by atoms with Crippen molar-refractivity contribution >= 4 is 11.8 Å². The van der Waals surface area contributed by atoms with Crippen molar-refractivity contribution in [2.75, 3.05) is 5.32 Å². The molecule has 1 N–H and O–H groups in total. The molecule has 5 nitrogen and oxygen atoms in total. The van der Waals surface area contributed by atoms with Crippen LogP contribution in [0.2, 0.25) is 0 Å². The van der Waals surface area contributed by atoms with Crippen molar-refractivity contribution in [2.45, 2.75) is 6.92 Å². The van der Waals surface area contributed by atoms with Gasteiger partial charge in [-0.2, -0.15) is 0 Å². The van der Waals surface area contributed by atoms with E-state index in [2.05, 4.69) is 20.2 Å². The molecule has 0 aliphatic carbocycles. The van der Waals surface area contributed by atoms with E-state index in [1.807, 2.05) is 0 Å². The minimum atomic E-state index is -0.200. The molecule has 0 spiro atoms. The molecule has 1 aromatic rings. The van der Waals surface area contributed by atoms with Crippen LogP contribution in [0, 0.1) is 0 Å². The Bertz CT molecular complexity index is 194. The number of carbonyl (C=O) groups excluding carboxylic acids is 1. The van der Waals surface area contributed by atoms with Crippen molar-refractivity contribution < 1.29 is 9.32 Å². The van der Waals surface area contributed by atoms with Crippen LogP contribution in [0.1, 0.15) is 6.92 Å². The normalized spacial score (nSPS) is 9.00. The van der Waals surface area contributed by atoms with E-state index in [9.17, 15) is 4.79 Å². The topological polar surface area (TPSA) is 68.0 Å². The molecule has 0 bridgehead atoms. The van der Waals surface area contributed by atoms with Crippen LogP contribution in [-0.4, -0.2) is 16.3 Å². The molecule has 0 saturated carbocycles. The minimum Gasteiger partial charge on any atom is -0.319 e. The summed E-state index contributed by atoms with van der Waals surface area (Å²) in [5.74, 6) is 0.0658. The van der Waals surface area contributed by atoms with Gasteiger partial charge in [-0.25, -0.2) is 0 Å². The molecule has 0 radical (unpaired) electrons. The Morgan fingerprint density at radius 3 is 3.11 bits per heavy atom. The molecule has 0 aliphatic rings. The number of carbonyl (C=O) groups is 1. The molecule has 0 fully saturated rings. The molecular formula is C4H5N3O2. The van der Waals surface area contributed by atoms with Crippen LogP contribution < -0.4 is 5.32 Å². The molecule has 1 heterocycles. The first-order valence-electron chi connectivity index (χ1n) is 2.34. The van der Waals surface area contributed by atoms with Gasteiger partial charge in [0, 0.05) is 12.2 Å². The van der Waals surface area contributed by atoms with Crippen molar-refractivity contribution in [3.05, 3.63) is 6.20 Å². The van der Waals surface area contributed by atoms with Crippen LogP contribution in [0.25, 0.3) is 0 Å². The quantitative estimate of drug-likeness (QED) is 0.577. The van der Waals surface area contributed by atoms with E-state index < -0.39 is 0 Å². The van der Waals surface area contributed by atoms with E-state index in [1.165, 1.54) is 13.1 Å². The highest BCUT2D eigenvalue weighted by molar-refractivity contribution is 5.86. The van der Waals surface area contributed by atoms with E-state index in [4.69, 9.17) is 0 Å². The average molecular weight is 127 g/mol. The molecular weight excluding hydrogens is 122 g/mol. The maximum absolute atomic E-state index is 10.3. The molecule has 0 aromatic carbocycles. The molecule has 1 rings (SSSR count). The van der Waals surface area contributed by atoms with Crippen molar-refractivity contribution in [1.29, 1.82) is 0 Å². The van der Waals surface area contributed by atoms with Crippen molar-refractivity contribution in [1.82, 2.24) is 10.4 Å². The Morgan fingerprint density at radius 1 is 1.89 bits per heavy atom. The number of anilines is 1. The second-order valence-electron chi connectivity index (χ2n) is 1.46. The van der Waals surface area contributed by atoms with Crippen LogP contribution in [0.3, 0.4) is 0 Å². The molecule has 1 amide bonds. The second-order valence-corrected chi connectivity index (χ2v) is 1.46. The first kappa shape index (κ1) is 5.74. The van der Waals surface area contributed by atoms with Gasteiger partial charge in [0.25, 0.3) is 5.88 Å². The number of nitrogens with zero attached hydrogens (tertiary/aromatic N) is 2. The highest BCUT2D eigenvalue weighted by atomic mass is 16.5.